The first kappa shape index (κ1) is 22.2. The molecule has 0 radical (unpaired) electrons. The highest BCUT2D eigenvalue weighted by Gasteiger charge is 2.40. The summed E-state index contributed by atoms with van der Waals surface area (Å²) in [5.41, 5.74) is 2.81. The summed E-state index contributed by atoms with van der Waals surface area (Å²) in [6, 6.07) is 15.6. The molecule has 8 heteroatoms. The van der Waals surface area contributed by atoms with Crippen molar-refractivity contribution in [2.45, 2.75) is 43.7 Å². The quantitative estimate of drug-likeness (QED) is 0.580. The average molecular weight is 455 g/mol. The van der Waals surface area contributed by atoms with E-state index < -0.39 is 28.0 Å². The molecular formula is C24H26N2O5S. The van der Waals surface area contributed by atoms with Gasteiger partial charge in [0.2, 0.25) is 10.0 Å². The number of fused-ring (bicyclic) bond motifs is 1. The summed E-state index contributed by atoms with van der Waals surface area (Å²) in [4.78, 5) is 16.1. The highest BCUT2D eigenvalue weighted by Crippen LogP contribution is 2.33. The number of nitrogens with zero attached hydrogens (tertiary/aromatic N) is 2. The molecule has 0 unspecified atom stereocenters. The Balaban J connectivity index is 1.49. The van der Waals surface area contributed by atoms with Crippen LogP contribution in [-0.2, 0) is 21.4 Å². The van der Waals surface area contributed by atoms with Gasteiger partial charge in [-0.25, -0.2) is 8.42 Å². The predicted octanol–water partition coefficient (Wildman–Crippen LogP) is 4.00. The Labute approximate surface area is 187 Å². The van der Waals surface area contributed by atoms with Crippen molar-refractivity contribution < 1.29 is 23.1 Å². The predicted molar refractivity (Wildman–Crippen MR) is 121 cm³/mol. The first-order valence-corrected chi connectivity index (χ1v) is 12.0. The second-order valence-corrected chi connectivity index (χ2v) is 10.2. The molecular weight excluding hydrogens is 428 g/mol. The van der Waals surface area contributed by atoms with Gasteiger partial charge in [0, 0.05) is 29.7 Å². The number of carboxylic acid groups (broad SMARTS) is 1. The third kappa shape index (κ3) is 4.33. The molecule has 0 bridgehead atoms. The zero-order valence-electron chi connectivity index (χ0n) is 18.1. The fourth-order valence-electron chi connectivity index (χ4n) is 4.39. The summed E-state index contributed by atoms with van der Waals surface area (Å²) in [6.07, 6.45) is 1.75. The summed E-state index contributed by atoms with van der Waals surface area (Å²) in [7, 11) is -2.34. The van der Waals surface area contributed by atoms with E-state index in [1.165, 1.54) is 23.5 Å². The number of carbonyl (C=O) groups is 1. The Morgan fingerprint density at radius 1 is 1.16 bits per heavy atom. The second-order valence-electron chi connectivity index (χ2n) is 8.16. The Morgan fingerprint density at radius 2 is 1.88 bits per heavy atom. The molecule has 0 spiro atoms. The summed E-state index contributed by atoms with van der Waals surface area (Å²) in [5, 5.41) is 10.4. The number of hydrogen-bond acceptors (Lipinski definition) is 5. The Bertz CT molecular complexity index is 1240. The smallest absolute Gasteiger partial charge is 0.308 e. The van der Waals surface area contributed by atoms with Gasteiger partial charge in [0.25, 0.3) is 0 Å². The van der Waals surface area contributed by atoms with Gasteiger partial charge < -0.3 is 9.84 Å². The zero-order chi connectivity index (χ0) is 22.9. The number of hydrogen-bond donors (Lipinski definition) is 1. The van der Waals surface area contributed by atoms with Gasteiger partial charge >= 0.3 is 5.97 Å². The van der Waals surface area contributed by atoms with Crippen LogP contribution in [-0.4, -0.2) is 41.9 Å². The fraction of sp³-hybridized carbons (Fsp3) is 0.333. The first-order valence-electron chi connectivity index (χ1n) is 10.6. The molecule has 0 aliphatic heterocycles. The zero-order valence-corrected chi connectivity index (χ0v) is 18.9. The number of aliphatic carboxylic acids is 1. The lowest BCUT2D eigenvalue weighted by molar-refractivity contribution is -0.142. The molecule has 4 rings (SSSR count). The van der Waals surface area contributed by atoms with Crippen molar-refractivity contribution >= 4 is 26.9 Å². The summed E-state index contributed by atoms with van der Waals surface area (Å²) < 4.78 is 33.2. The number of aryl methyl sites for hydroxylation is 1. The highest BCUT2D eigenvalue weighted by atomic mass is 32.2. The molecule has 1 heterocycles. The summed E-state index contributed by atoms with van der Waals surface area (Å²) >= 11 is 0. The molecule has 1 aromatic heterocycles. The van der Waals surface area contributed by atoms with E-state index in [4.69, 9.17) is 4.74 Å². The molecule has 168 valence electrons. The first-order chi connectivity index (χ1) is 15.3. The summed E-state index contributed by atoms with van der Waals surface area (Å²) in [5.74, 6) is -1.07. The molecule has 1 aliphatic rings. The number of benzene rings is 2. The Kier molecular flexibility index (Phi) is 6.17. The van der Waals surface area contributed by atoms with Gasteiger partial charge in [-0.2, -0.15) is 4.31 Å². The van der Waals surface area contributed by atoms with Crippen molar-refractivity contribution in [3.8, 4) is 5.75 Å². The Hall–Kier alpha value is -2.97. The number of ether oxygens (including phenoxy) is 1. The van der Waals surface area contributed by atoms with Gasteiger partial charge in [0.05, 0.1) is 16.3 Å². The van der Waals surface area contributed by atoms with Crippen molar-refractivity contribution in [3.05, 3.63) is 65.9 Å². The molecule has 1 N–H and O–H groups in total. The monoisotopic (exact) mass is 454 g/mol. The van der Waals surface area contributed by atoms with Crippen LogP contribution in [0.2, 0.25) is 0 Å². The van der Waals surface area contributed by atoms with Crippen LogP contribution < -0.4 is 4.74 Å². The van der Waals surface area contributed by atoms with Crippen molar-refractivity contribution in [1.82, 2.24) is 9.29 Å². The third-order valence-electron chi connectivity index (χ3n) is 6.09. The minimum absolute atomic E-state index is 0.119. The highest BCUT2D eigenvalue weighted by molar-refractivity contribution is 7.89. The molecule has 2 atom stereocenters. The standard InChI is InChI=1S/C24H26N2O5S/c1-16-14-17(20-6-3-4-8-22(20)25-16)15-31-18-10-12-19(13-11-18)32(29,30)26(2)23-9-5-7-21(23)24(27)28/h3-4,6,8,10-14,21,23H,5,7,9,15H2,1-2H3,(H,27,28)/t21-,23+/m0/s1. The maximum atomic E-state index is 13.0. The van der Waals surface area contributed by atoms with E-state index >= 15 is 0 Å². The molecule has 1 aliphatic carbocycles. The van der Waals surface area contributed by atoms with Gasteiger partial charge in [0.15, 0.2) is 0 Å². The average Bonchev–Trinajstić information content (AvgIpc) is 3.27. The molecule has 0 saturated heterocycles. The van der Waals surface area contributed by atoms with E-state index in [9.17, 15) is 18.3 Å². The van der Waals surface area contributed by atoms with Gasteiger partial charge in [0.1, 0.15) is 12.4 Å². The molecule has 1 fully saturated rings. The van der Waals surface area contributed by atoms with Crippen LogP contribution in [0.4, 0.5) is 0 Å². The van der Waals surface area contributed by atoms with Crippen LogP contribution >= 0.6 is 0 Å². The van der Waals surface area contributed by atoms with E-state index in [-0.39, 0.29) is 4.90 Å². The van der Waals surface area contributed by atoms with Crippen molar-refractivity contribution in [1.29, 1.82) is 0 Å². The maximum Gasteiger partial charge on any atom is 0.308 e. The van der Waals surface area contributed by atoms with Crippen molar-refractivity contribution in [3.63, 3.8) is 0 Å². The normalized spacial score (nSPS) is 18.8. The third-order valence-corrected chi connectivity index (χ3v) is 7.99. The van der Waals surface area contributed by atoms with Crippen LogP contribution in [0.3, 0.4) is 0 Å². The van der Waals surface area contributed by atoms with Gasteiger partial charge in [-0.3, -0.25) is 9.78 Å². The largest absolute Gasteiger partial charge is 0.489 e. The number of rotatable bonds is 7. The van der Waals surface area contributed by atoms with Crippen LogP contribution in [0.15, 0.2) is 59.5 Å². The van der Waals surface area contributed by atoms with Crippen LogP contribution in [0.5, 0.6) is 5.75 Å². The van der Waals surface area contributed by atoms with Gasteiger partial charge in [-0.15, -0.1) is 0 Å². The number of para-hydroxylation sites is 1. The SMILES string of the molecule is Cc1cc(COc2ccc(S(=O)(=O)N(C)[C@@H]3CCC[C@@H]3C(=O)O)cc2)c2ccccc2n1. The molecule has 2 aromatic carbocycles. The van der Waals surface area contributed by atoms with Crippen molar-refractivity contribution in [2.24, 2.45) is 5.92 Å². The van der Waals surface area contributed by atoms with Gasteiger partial charge in [-0.05, 0) is 56.2 Å². The van der Waals surface area contributed by atoms with Gasteiger partial charge in [-0.1, -0.05) is 24.6 Å². The topological polar surface area (TPSA) is 96.8 Å². The molecule has 7 nitrogen and oxygen atoms in total. The number of sulfonamides is 1. The van der Waals surface area contributed by atoms with E-state index in [0.29, 0.717) is 31.6 Å². The number of pyridine rings is 1. The van der Waals surface area contributed by atoms with E-state index in [1.54, 1.807) is 12.1 Å². The maximum absolute atomic E-state index is 13.0. The molecule has 32 heavy (non-hydrogen) atoms. The van der Waals surface area contributed by atoms with Crippen molar-refractivity contribution in [2.75, 3.05) is 7.05 Å². The van der Waals surface area contributed by atoms with Crippen LogP contribution in [0, 0.1) is 12.8 Å². The molecule has 1 saturated carbocycles. The van der Waals surface area contributed by atoms with Crippen LogP contribution in [0.1, 0.15) is 30.5 Å². The van der Waals surface area contributed by atoms with Crippen LogP contribution in [0.25, 0.3) is 10.9 Å². The number of carboxylic acids is 1. The summed E-state index contributed by atoms with van der Waals surface area (Å²) in [6.45, 7) is 2.27. The number of aromatic nitrogens is 1. The lowest BCUT2D eigenvalue weighted by Gasteiger charge is -2.27. The Morgan fingerprint density at radius 3 is 2.59 bits per heavy atom. The minimum atomic E-state index is -3.80. The molecule has 3 aromatic rings. The van der Waals surface area contributed by atoms with E-state index in [2.05, 4.69) is 4.98 Å². The lowest BCUT2D eigenvalue weighted by atomic mass is 10.0. The van der Waals surface area contributed by atoms with E-state index in [0.717, 1.165) is 22.2 Å². The second kappa shape index (κ2) is 8.88. The minimum Gasteiger partial charge on any atom is -0.489 e. The van der Waals surface area contributed by atoms with E-state index in [1.807, 2.05) is 37.3 Å². The molecule has 0 amide bonds. The lowest BCUT2D eigenvalue weighted by Crippen LogP contribution is -2.41. The fourth-order valence-corrected chi connectivity index (χ4v) is 5.81.